The van der Waals surface area contributed by atoms with Gasteiger partial charge < -0.3 is 19.1 Å². The Balaban J connectivity index is 0.00000134. The molecule has 0 unspecified atom stereocenters. The van der Waals surface area contributed by atoms with Gasteiger partial charge in [-0.15, -0.1) is 0 Å². The van der Waals surface area contributed by atoms with Crippen LogP contribution in [0.4, 0.5) is 18.0 Å². The lowest BCUT2D eigenvalue weighted by Gasteiger charge is -2.46. The Kier molecular flexibility index (Phi) is 10.1. The van der Waals surface area contributed by atoms with Crippen LogP contribution < -0.4 is 0 Å². The predicted octanol–water partition coefficient (Wildman–Crippen LogP) is 6.34. The molecule has 1 aliphatic carbocycles. The molecule has 2 aliphatic heterocycles. The summed E-state index contributed by atoms with van der Waals surface area (Å²) < 4.78 is 45.5. The minimum atomic E-state index is -4.22. The summed E-state index contributed by atoms with van der Waals surface area (Å²) in [5.74, 6) is 0.434. The molecule has 1 aromatic heterocycles. The third-order valence-electron chi connectivity index (χ3n) is 7.16. The second kappa shape index (κ2) is 12.9. The molecule has 1 spiro atoms. The van der Waals surface area contributed by atoms with Gasteiger partial charge in [0.15, 0.2) is 0 Å². The molecule has 3 heterocycles. The lowest BCUT2D eigenvalue weighted by Crippen LogP contribution is -2.63. The van der Waals surface area contributed by atoms with E-state index in [0.29, 0.717) is 11.5 Å². The molecule has 0 saturated carbocycles. The molecule has 39 heavy (non-hydrogen) atoms. The van der Waals surface area contributed by atoms with Crippen molar-refractivity contribution >= 4 is 12.0 Å². The van der Waals surface area contributed by atoms with E-state index in [2.05, 4.69) is 20.4 Å². The highest BCUT2D eigenvalue weighted by atomic mass is 19.4. The number of hydrogen-bond acceptors (Lipinski definition) is 4. The Morgan fingerprint density at radius 1 is 1.18 bits per heavy atom. The number of aromatic nitrogens is 2. The predicted molar refractivity (Wildman–Crippen MR) is 144 cm³/mol. The van der Waals surface area contributed by atoms with Crippen LogP contribution in [0.25, 0.3) is 0 Å². The van der Waals surface area contributed by atoms with Gasteiger partial charge in [0.1, 0.15) is 11.2 Å². The minimum Gasteiger partial charge on any atom is -0.450 e. The molecule has 0 atom stereocenters. The number of amides is 2. The smallest absolute Gasteiger partial charge is 0.409 e. The summed E-state index contributed by atoms with van der Waals surface area (Å²) in [4.78, 5) is 34.0. The normalized spacial score (nSPS) is 18.3. The van der Waals surface area contributed by atoms with Crippen LogP contribution in [0.15, 0.2) is 36.1 Å². The first-order valence-corrected chi connectivity index (χ1v) is 13.9. The molecule has 216 valence electrons. The van der Waals surface area contributed by atoms with Crippen LogP contribution in [0.1, 0.15) is 77.0 Å². The number of carbonyl (C=O) groups is 2. The molecule has 2 amide bonds. The summed E-state index contributed by atoms with van der Waals surface area (Å²) in [5.41, 5.74) is 2.43. The summed E-state index contributed by atoms with van der Waals surface area (Å²) in [6.07, 6.45) is 4.54. The van der Waals surface area contributed by atoms with Crippen molar-refractivity contribution in [2.75, 3.05) is 19.7 Å². The number of ether oxygens (including phenoxy) is 1. The topological polar surface area (TPSA) is 67.7 Å². The SMILES string of the molecule is C=CC1=C(/C=C\C)C2(CN(C(=O)OCC)C2)C(=O)N1Cc1nc2c(n1CCCC(F)(F)F)CCCC2.CCC. The summed E-state index contributed by atoms with van der Waals surface area (Å²) in [6, 6.07) is 0. The fourth-order valence-electron chi connectivity index (χ4n) is 5.54. The van der Waals surface area contributed by atoms with Gasteiger partial charge in [-0.3, -0.25) is 4.79 Å². The van der Waals surface area contributed by atoms with Gasteiger partial charge in [0.05, 0.1) is 18.8 Å². The van der Waals surface area contributed by atoms with Crippen molar-refractivity contribution in [3.63, 3.8) is 0 Å². The van der Waals surface area contributed by atoms with Gasteiger partial charge in [-0.2, -0.15) is 13.2 Å². The summed E-state index contributed by atoms with van der Waals surface area (Å²) >= 11 is 0. The van der Waals surface area contributed by atoms with Crippen LogP contribution >= 0.6 is 0 Å². The van der Waals surface area contributed by atoms with E-state index >= 15 is 0 Å². The molecule has 10 heteroatoms. The number of halogens is 3. The van der Waals surface area contributed by atoms with Crippen LogP contribution in [0.3, 0.4) is 0 Å². The number of imidazole rings is 1. The van der Waals surface area contributed by atoms with Crippen molar-refractivity contribution in [1.82, 2.24) is 19.4 Å². The maximum atomic E-state index is 13.8. The maximum Gasteiger partial charge on any atom is 0.409 e. The van der Waals surface area contributed by atoms with Gasteiger partial charge in [0.25, 0.3) is 0 Å². The number of allylic oxidation sites excluding steroid dienone is 3. The van der Waals surface area contributed by atoms with Crippen LogP contribution in [0, 0.1) is 5.41 Å². The zero-order valence-corrected chi connectivity index (χ0v) is 23.6. The Morgan fingerprint density at radius 3 is 2.44 bits per heavy atom. The monoisotopic (exact) mass is 550 g/mol. The zero-order chi connectivity index (χ0) is 28.8. The number of carbonyl (C=O) groups excluding carboxylic acids is 2. The van der Waals surface area contributed by atoms with E-state index in [9.17, 15) is 22.8 Å². The molecular formula is C29H41F3N4O3. The van der Waals surface area contributed by atoms with Crippen molar-refractivity contribution in [1.29, 1.82) is 0 Å². The molecule has 3 aliphatic rings. The lowest BCUT2D eigenvalue weighted by atomic mass is 9.73. The first-order chi connectivity index (χ1) is 18.6. The molecule has 0 bridgehead atoms. The van der Waals surface area contributed by atoms with Gasteiger partial charge in [-0.25, -0.2) is 9.78 Å². The summed E-state index contributed by atoms with van der Waals surface area (Å²) in [6.45, 7) is 12.8. The molecule has 0 N–H and O–H groups in total. The highest BCUT2D eigenvalue weighted by molar-refractivity contribution is 5.95. The van der Waals surface area contributed by atoms with Crippen molar-refractivity contribution in [2.24, 2.45) is 5.41 Å². The fraction of sp³-hybridized carbons (Fsp3) is 0.621. The fourth-order valence-corrected chi connectivity index (χ4v) is 5.54. The van der Waals surface area contributed by atoms with Gasteiger partial charge in [-0.05, 0) is 57.6 Å². The van der Waals surface area contributed by atoms with Crippen LogP contribution in [-0.2, 0) is 35.5 Å². The van der Waals surface area contributed by atoms with Crippen molar-refractivity contribution < 1.29 is 27.5 Å². The van der Waals surface area contributed by atoms with Gasteiger partial charge in [-0.1, -0.05) is 39.0 Å². The van der Waals surface area contributed by atoms with Crippen molar-refractivity contribution in [3.8, 4) is 0 Å². The molecule has 0 radical (unpaired) electrons. The van der Waals surface area contributed by atoms with Gasteiger partial charge >= 0.3 is 12.3 Å². The average Bonchev–Trinajstić information content (AvgIpc) is 3.31. The van der Waals surface area contributed by atoms with E-state index in [0.717, 1.165) is 42.6 Å². The molecule has 1 fully saturated rings. The third-order valence-corrected chi connectivity index (χ3v) is 7.16. The molecular weight excluding hydrogens is 509 g/mol. The number of hydrogen-bond donors (Lipinski definition) is 0. The number of fused-ring (bicyclic) bond motifs is 1. The van der Waals surface area contributed by atoms with Crippen LogP contribution in [0.2, 0.25) is 0 Å². The Bertz CT molecular complexity index is 1110. The largest absolute Gasteiger partial charge is 0.450 e. The van der Waals surface area contributed by atoms with Crippen molar-refractivity contribution in [3.05, 3.63) is 53.3 Å². The first kappa shape index (κ1) is 30.5. The molecule has 4 rings (SSSR count). The minimum absolute atomic E-state index is 0.0420. The zero-order valence-electron chi connectivity index (χ0n) is 23.6. The van der Waals surface area contributed by atoms with Crippen LogP contribution in [-0.4, -0.2) is 57.2 Å². The van der Waals surface area contributed by atoms with Gasteiger partial charge in [0, 0.05) is 37.4 Å². The number of likely N-dealkylation sites (tertiary alicyclic amines) is 1. The number of rotatable bonds is 8. The standard InChI is InChI=1S/C26H33F3N4O3.C3H8/c1-4-10-18-20(5-2)33(23(34)25(18)16-31(17-25)24(35)36-6-3)15-22-30-19-11-7-8-12-21(19)32(22)14-9-13-26(27,28)29;1-3-2/h4-5,10H,2,6-9,11-17H2,1,3H3;3H2,1-2H3/b10-4-;. The Hall–Kier alpha value is -3.04. The summed E-state index contributed by atoms with van der Waals surface area (Å²) in [7, 11) is 0. The number of aryl methyl sites for hydroxylation is 1. The molecule has 7 nitrogen and oxygen atoms in total. The second-order valence-electron chi connectivity index (χ2n) is 10.2. The van der Waals surface area contributed by atoms with Gasteiger partial charge in [0.2, 0.25) is 5.91 Å². The highest BCUT2D eigenvalue weighted by Gasteiger charge is 2.59. The van der Waals surface area contributed by atoms with E-state index in [1.807, 2.05) is 23.6 Å². The van der Waals surface area contributed by atoms with Crippen LogP contribution in [0.5, 0.6) is 0 Å². The Morgan fingerprint density at radius 2 is 1.85 bits per heavy atom. The third kappa shape index (κ3) is 6.41. The molecule has 0 aromatic carbocycles. The molecule has 1 saturated heterocycles. The quantitative estimate of drug-likeness (QED) is 0.379. The van der Waals surface area contributed by atoms with E-state index < -0.39 is 24.1 Å². The van der Waals surface area contributed by atoms with E-state index in [1.165, 1.54) is 11.3 Å². The Labute approximate surface area is 229 Å². The van der Waals surface area contributed by atoms with Crippen molar-refractivity contribution in [2.45, 2.75) is 91.9 Å². The highest BCUT2D eigenvalue weighted by Crippen LogP contribution is 2.48. The van der Waals surface area contributed by atoms with E-state index in [1.54, 1.807) is 17.9 Å². The first-order valence-electron chi connectivity index (χ1n) is 13.9. The lowest BCUT2D eigenvalue weighted by molar-refractivity contribution is -0.142. The van der Waals surface area contributed by atoms with E-state index in [4.69, 9.17) is 9.72 Å². The molecule has 1 aromatic rings. The second-order valence-corrected chi connectivity index (χ2v) is 10.2. The van der Waals surface area contributed by atoms with E-state index in [-0.39, 0.29) is 45.1 Å². The number of nitrogens with zero attached hydrogens (tertiary/aromatic N) is 4. The summed E-state index contributed by atoms with van der Waals surface area (Å²) in [5, 5.41) is 0. The number of alkyl halides is 3. The average molecular weight is 551 g/mol. The maximum absolute atomic E-state index is 13.8.